The Morgan fingerprint density at radius 2 is 0.731 bits per heavy atom. The van der Waals surface area contributed by atoms with E-state index in [1.165, 1.54) is 270 Å². The molecule has 78 heavy (non-hydrogen) atoms. The molecule has 1 heterocycles. The fourth-order valence-electron chi connectivity index (χ4n) is 11.1. The number of amides is 1. The van der Waals surface area contributed by atoms with E-state index < -0.39 is 49.5 Å². The van der Waals surface area contributed by atoms with Crippen molar-refractivity contribution in [1.82, 2.24) is 5.32 Å². The quantitative estimate of drug-likeness (QED) is 0.0261. The molecular formula is C69H131NO8. The van der Waals surface area contributed by atoms with Gasteiger partial charge in [-0.25, -0.2) is 0 Å². The van der Waals surface area contributed by atoms with Gasteiger partial charge in [-0.15, -0.1) is 0 Å². The highest BCUT2D eigenvalue weighted by Crippen LogP contribution is 2.23. The number of hydrogen-bond acceptors (Lipinski definition) is 8. The standard InChI is InChI=1S/C69H131NO8/c1-3-5-7-9-11-13-15-17-19-20-21-22-23-24-25-26-27-28-29-30-31-32-33-34-35-36-37-38-39-40-41-42-43-45-47-49-51-53-55-57-59-65(73)70-62(61-77-69-68(76)67(75)66(74)64(60-71)78-69)63(72)58-56-54-52-50-48-46-44-18-16-14-12-10-8-6-4-2/h16,18,48,50,56,58,62-64,66-69,71-72,74-76H,3-15,17,19-47,49,51-55,57,59-61H2,1-2H3,(H,70,73)/b18-16+,50-48+,58-56+. The largest absolute Gasteiger partial charge is 0.394 e. The van der Waals surface area contributed by atoms with Crippen LogP contribution in [0.15, 0.2) is 36.5 Å². The molecule has 9 heteroatoms. The predicted octanol–water partition coefficient (Wildman–Crippen LogP) is 18.3. The average Bonchev–Trinajstić information content (AvgIpc) is 3.45. The monoisotopic (exact) mass is 1100 g/mol. The molecule has 0 aromatic rings. The maximum Gasteiger partial charge on any atom is 0.220 e. The van der Waals surface area contributed by atoms with Crippen molar-refractivity contribution in [3.63, 3.8) is 0 Å². The number of nitrogens with one attached hydrogen (secondary N) is 1. The lowest BCUT2D eigenvalue weighted by atomic mass is 9.99. The van der Waals surface area contributed by atoms with Gasteiger partial charge in [0.2, 0.25) is 5.91 Å². The van der Waals surface area contributed by atoms with Gasteiger partial charge in [0.25, 0.3) is 0 Å². The van der Waals surface area contributed by atoms with Crippen LogP contribution in [0, 0.1) is 0 Å². The Balaban J connectivity index is 2.02. The lowest BCUT2D eigenvalue weighted by Crippen LogP contribution is -2.60. The molecule has 6 N–H and O–H groups in total. The third-order valence-electron chi connectivity index (χ3n) is 16.4. The maximum atomic E-state index is 13.1. The normalized spacial score (nSPS) is 18.8. The van der Waals surface area contributed by atoms with Crippen LogP contribution in [0.4, 0.5) is 0 Å². The smallest absolute Gasteiger partial charge is 0.220 e. The zero-order chi connectivity index (χ0) is 56.5. The van der Waals surface area contributed by atoms with Crippen LogP contribution in [-0.4, -0.2) is 87.5 Å². The fourth-order valence-corrected chi connectivity index (χ4v) is 11.1. The van der Waals surface area contributed by atoms with Gasteiger partial charge in [-0.1, -0.05) is 326 Å². The Bertz CT molecular complexity index is 1320. The second-order valence-electron chi connectivity index (χ2n) is 24.0. The molecule has 1 saturated heterocycles. The van der Waals surface area contributed by atoms with Gasteiger partial charge in [-0.05, 0) is 44.9 Å². The molecule has 7 atom stereocenters. The van der Waals surface area contributed by atoms with Crippen LogP contribution in [0.5, 0.6) is 0 Å². The highest BCUT2D eigenvalue weighted by atomic mass is 16.7. The molecule has 0 aromatic carbocycles. The molecule has 0 saturated carbocycles. The SMILES string of the molecule is CCCCCCC/C=C/CC/C=C/CC/C=C/C(O)C(COC1OC(CO)C(O)C(O)C1O)NC(=O)CCCCCCCCCCCCCCCCCCCCCCCCCCCCCCCCCCCCCCCCCC. The molecule has 1 amide bonds. The first-order valence-electron chi connectivity index (χ1n) is 34.2. The fraction of sp³-hybridized carbons (Fsp3) is 0.899. The van der Waals surface area contributed by atoms with Crippen LogP contribution in [0.25, 0.3) is 0 Å². The third-order valence-corrected chi connectivity index (χ3v) is 16.4. The van der Waals surface area contributed by atoms with Gasteiger partial charge in [0.1, 0.15) is 24.4 Å². The van der Waals surface area contributed by atoms with E-state index in [0.29, 0.717) is 6.42 Å². The van der Waals surface area contributed by atoms with Crippen molar-refractivity contribution in [1.29, 1.82) is 0 Å². The van der Waals surface area contributed by atoms with Crippen molar-refractivity contribution in [2.45, 2.75) is 384 Å². The summed E-state index contributed by atoms with van der Waals surface area (Å²) in [5.41, 5.74) is 0. The number of allylic oxidation sites excluding steroid dienone is 5. The minimum atomic E-state index is -1.57. The first-order chi connectivity index (χ1) is 38.3. The van der Waals surface area contributed by atoms with Crippen LogP contribution in [0.2, 0.25) is 0 Å². The van der Waals surface area contributed by atoms with Crippen LogP contribution >= 0.6 is 0 Å². The second-order valence-corrected chi connectivity index (χ2v) is 24.0. The van der Waals surface area contributed by atoms with Gasteiger partial charge < -0.3 is 40.3 Å². The van der Waals surface area contributed by atoms with Crippen LogP contribution < -0.4 is 5.32 Å². The topological polar surface area (TPSA) is 149 Å². The lowest BCUT2D eigenvalue weighted by Gasteiger charge is -2.40. The first-order valence-corrected chi connectivity index (χ1v) is 34.2. The summed E-state index contributed by atoms with van der Waals surface area (Å²) in [5.74, 6) is -0.185. The Hall–Kier alpha value is -1.59. The van der Waals surface area contributed by atoms with Gasteiger partial charge in [-0.2, -0.15) is 0 Å². The number of hydrogen-bond donors (Lipinski definition) is 6. The lowest BCUT2D eigenvalue weighted by molar-refractivity contribution is -0.302. The van der Waals surface area contributed by atoms with Gasteiger partial charge in [-0.3, -0.25) is 4.79 Å². The Kier molecular flexibility index (Phi) is 55.9. The highest BCUT2D eigenvalue weighted by Gasteiger charge is 2.44. The summed E-state index contributed by atoms with van der Waals surface area (Å²) in [6.45, 7) is 3.78. The molecule has 460 valence electrons. The zero-order valence-electron chi connectivity index (χ0n) is 51.4. The number of ether oxygens (including phenoxy) is 2. The number of carbonyl (C=O) groups excluding carboxylic acids is 1. The van der Waals surface area contributed by atoms with Gasteiger partial charge in [0, 0.05) is 6.42 Å². The Morgan fingerprint density at radius 3 is 1.08 bits per heavy atom. The summed E-state index contributed by atoms with van der Waals surface area (Å²) >= 11 is 0. The van der Waals surface area contributed by atoms with Crippen molar-refractivity contribution in [3.8, 4) is 0 Å². The van der Waals surface area contributed by atoms with E-state index in [4.69, 9.17) is 9.47 Å². The Labute approximate surface area is 482 Å². The summed E-state index contributed by atoms with van der Waals surface area (Å²) in [6, 6.07) is -0.826. The number of rotatable bonds is 60. The summed E-state index contributed by atoms with van der Waals surface area (Å²) in [6.07, 6.45) is 71.4. The van der Waals surface area contributed by atoms with E-state index in [-0.39, 0.29) is 12.5 Å². The van der Waals surface area contributed by atoms with E-state index >= 15 is 0 Å². The minimum absolute atomic E-state index is 0.185. The number of carbonyl (C=O) groups is 1. The zero-order valence-corrected chi connectivity index (χ0v) is 51.4. The van der Waals surface area contributed by atoms with E-state index in [0.717, 1.165) is 51.4 Å². The molecule has 1 aliphatic heterocycles. The second kappa shape index (κ2) is 58.6. The van der Waals surface area contributed by atoms with Crippen LogP contribution in [-0.2, 0) is 14.3 Å². The van der Waals surface area contributed by atoms with E-state index in [1.54, 1.807) is 6.08 Å². The molecule has 0 aliphatic carbocycles. The summed E-state index contributed by atoms with van der Waals surface area (Å²) in [7, 11) is 0. The summed E-state index contributed by atoms with van der Waals surface area (Å²) in [4.78, 5) is 13.1. The van der Waals surface area contributed by atoms with Gasteiger partial charge in [0.15, 0.2) is 6.29 Å². The van der Waals surface area contributed by atoms with Crippen molar-refractivity contribution in [2.75, 3.05) is 13.2 Å². The van der Waals surface area contributed by atoms with Gasteiger partial charge in [0.05, 0.1) is 25.4 Å². The molecule has 9 nitrogen and oxygen atoms in total. The molecule has 1 aliphatic rings. The van der Waals surface area contributed by atoms with Crippen molar-refractivity contribution in [2.24, 2.45) is 0 Å². The number of unbranched alkanes of at least 4 members (excludes halogenated alkanes) is 46. The molecule has 0 radical (unpaired) electrons. The summed E-state index contributed by atoms with van der Waals surface area (Å²) < 4.78 is 11.3. The average molecular weight is 1100 g/mol. The van der Waals surface area contributed by atoms with Crippen molar-refractivity contribution < 1.29 is 39.8 Å². The molecule has 0 spiro atoms. The molecule has 0 aromatic heterocycles. The van der Waals surface area contributed by atoms with Crippen LogP contribution in [0.3, 0.4) is 0 Å². The molecule has 1 fully saturated rings. The minimum Gasteiger partial charge on any atom is -0.394 e. The van der Waals surface area contributed by atoms with Crippen molar-refractivity contribution in [3.05, 3.63) is 36.5 Å². The molecule has 0 bridgehead atoms. The number of aliphatic hydroxyl groups excluding tert-OH is 5. The Morgan fingerprint density at radius 1 is 0.423 bits per heavy atom. The third kappa shape index (κ3) is 47.0. The summed E-state index contributed by atoms with van der Waals surface area (Å²) in [5, 5.41) is 54.5. The maximum absolute atomic E-state index is 13.1. The number of aliphatic hydroxyl groups is 5. The molecule has 7 unspecified atom stereocenters. The first kappa shape index (κ1) is 74.4. The van der Waals surface area contributed by atoms with E-state index in [2.05, 4.69) is 43.5 Å². The van der Waals surface area contributed by atoms with E-state index in [1.807, 2.05) is 6.08 Å². The van der Waals surface area contributed by atoms with Crippen molar-refractivity contribution >= 4 is 5.91 Å². The van der Waals surface area contributed by atoms with E-state index in [9.17, 15) is 30.3 Å². The molecular weight excluding hydrogens is 971 g/mol. The predicted molar refractivity (Wildman–Crippen MR) is 332 cm³/mol. The van der Waals surface area contributed by atoms with Gasteiger partial charge >= 0.3 is 0 Å². The van der Waals surface area contributed by atoms with Crippen LogP contribution in [0.1, 0.15) is 341 Å². The highest BCUT2D eigenvalue weighted by molar-refractivity contribution is 5.76. The molecule has 1 rings (SSSR count).